The topological polar surface area (TPSA) is 44.8 Å². The van der Waals surface area contributed by atoms with Gasteiger partial charge in [-0.1, -0.05) is 12.1 Å². The number of carbonyl (C=O) groups is 1. The van der Waals surface area contributed by atoms with Crippen molar-refractivity contribution < 1.29 is 9.53 Å². The first-order valence-electron chi connectivity index (χ1n) is 8.17. The molecule has 1 aliphatic rings. The second-order valence-corrected chi connectivity index (χ2v) is 6.00. The molecule has 0 aromatic heterocycles. The number of para-hydroxylation sites is 2. The lowest BCUT2D eigenvalue weighted by Crippen LogP contribution is -2.39. The van der Waals surface area contributed by atoms with Crippen LogP contribution in [-0.2, 0) is 0 Å². The Bertz CT molecular complexity index is 698. The molecule has 1 heterocycles. The van der Waals surface area contributed by atoms with Crippen LogP contribution in [0.4, 0.5) is 11.4 Å². The van der Waals surface area contributed by atoms with Crippen molar-refractivity contribution in [1.29, 1.82) is 0 Å². The molecule has 0 fully saturated rings. The second kappa shape index (κ2) is 7.25. The van der Waals surface area contributed by atoms with Gasteiger partial charge in [0.2, 0.25) is 0 Å². The first-order valence-corrected chi connectivity index (χ1v) is 8.17. The van der Waals surface area contributed by atoms with Crippen molar-refractivity contribution in [2.75, 3.05) is 50.1 Å². The van der Waals surface area contributed by atoms with Crippen LogP contribution in [0.2, 0.25) is 0 Å². The minimum atomic E-state index is -0.0400. The van der Waals surface area contributed by atoms with Crippen molar-refractivity contribution in [3.05, 3.63) is 54.1 Å². The Hall–Kier alpha value is -2.69. The number of rotatable bonds is 5. The molecule has 0 bridgehead atoms. The highest BCUT2D eigenvalue weighted by molar-refractivity contribution is 5.94. The molecule has 1 N–H and O–H groups in total. The van der Waals surface area contributed by atoms with Gasteiger partial charge in [0.1, 0.15) is 12.4 Å². The number of benzene rings is 2. The van der Waals surface area contributed by atoms with E-state index in [2.05, 4.69) is 16.3 Å². The molecule has 2 aromatic rings. The maximum absolute atomic E-state index is 12.2. The number of nitrogens with zero attached hydrogens (tertiary/aromatic N) is 2. The molecule has 5 heteroatoms. The molecule has 0 saturated carbocycles. The smallest absolute Gasteiger partial charge is 0.251 e. The molecule has 3 rings (SSSR count). The van der Waals surface area contributed by atoms with E-state index in [0.29, 0.717) is 18.7 Å². The predicted molar refractivity (Wildman–Crippen MR) is 97.3 cm³/mol. The fraction of sp³-hybridized carbons (Fsp3) is 0.316. The van der Waals surface area contributed by atoms with Crippen molar-refractivity contribution in [2.45, 2.75) is 0 Å². The summed E-state index contributed by atoms with van der Waals surface area (Å²) in [6.45, 7) is 2.88. The Morgan fingerprint density at radius 2 is 1.92 bits per heavy atom. The van der Waals surface area contributed by atoms with Crippen LogP contribution in [0.3, 0.4) is 0 Å². The number of anilines is 2. The number of ether oxygens (including phenoxy) is 1. The molecular weight excluding hydrogens is 302 g/mol. The SMILES string of the molecule is CN(C)c1ccc(C(=O)NCCN2CCOc3ccccc32)cc1. The Kier molecular flexibility index (Phi) is 4.89. The second-order valence-electron chi connectivity index (χ2n) is 6.00. The van der Waals surface area contributed by atoms with E-state index < -0.39 is 0 Å². The zero-order valence-corrected chi connectivity index (χ0v) is 14.2. The monoisotopic (exact) mass is 325 g/mol. The molecule has 0 aliphatic carbocycles. The van der Waals surface area contributed by atoms with Gasteiger partial charge in [-0.25, -0.2) is 0 Å². The summed E-state index contributed by atoms with van der Waals surface area (Å²) in [5.74, 6) is 0.871. The van der Waals surface area contributed by atoms with E-state index in [-0.39, 0.29) is 5.91 Å². The summed E-state index contributed by atoms with van der Waals surface area (Å²) >= 11 is 0. The number of amides is 1. The van der Waals surface area contributed by atoms with E-state index in [9.17, 15) is 4.79 Å². The number of fused-ring (bicyclic) bond motifs is 1. The van der Waals surface area contributed by atoms with E-state index in [1.54, 1.807) is 0 Å². The third-order valence-electron chi connectivity index (χ3n) is 4.14. The highest BCUT2D eigenvalue weighted by atomic mass is 16.5. The molecule has 5 nitrogen and oxygen atoms in total. The fourth-order valence-electron chi connectivity index (χ4n) is 2.78. The summed E-state index contributed by atoms with van der Waals surface area (Å²) in [6, 6.07) is 15.6. The third-order valence-corrected chi connectivity index (χ3v) is 4.14. The maximum atomic E-state index is 12.2. The van der Waals surface area contributed by atoms with Crippen LogP contribution in [0.25, 0.3) is 0 Å². The summed E-state index contributed by atoms with van der Waals surface area (Å²) in [5, 5.41) is 2.99. The third kappa shape index (κ3) is 3.62. The van der Waals surface area contributed by atoms with Crippen LogP contribution in [0, 0.1) is 0 Å². The minimum absolute atomic E-state index is 0.0400. The first kappa shape index (κ1) is 16.2. The standard InChI is InChI=1S/C19H23N3O2/c1-21(2)16-9-7-15(8-10-16)19(23)20-11-12-22-13-14-24-18-6-4-3-5-17(18)22/h3-10H,11-14H2,1-2H3,(H,20,23). The van der Waals surface area contributed by atoms with Gasteiger partial charge in [0.15, 0.2) is 0 Å². The highest BCUT2D eigenvalue weighted by Gasteiger charge is 2.17. The molecule has 1 aliphatic heterocycles. The maximum Gasteiger partial charge on any atom is 0.251 e. The van der Waals surface area contributed by atoms with Crippen LogP contribution in [0.1, 0.15) is 10.4 Å². The Balaban J connectivity index is 1.54. The first-order chi connectivity index (χ1) is 11.6. The molecule has 0 saturated heterocycles. The molecule has 126 valence electrons. The van der Waals surface area contributed by atoms with Crippen LogP contribution in [-0.4, -0.2) is 46.2 Å². The molecule has 0 radical (unpaired) electrons. The number of hydrogen-bond donors (Lipinski definition) is 1. The average molecular weight is 325 g/mol. The summed E-state index contributed by atoms with van der Waals surface area (Å²) < 4.78 is 5.65. The van der Waals surface area contributed by atoms with Crippen molar-refractivity contribution in [3.63, 3.8) is 0 Å². The fourth-order valence-corrected chi connectivity index (χ4v) is 2.78. The number of hydrogen-bond acceptors (Lipinski definition) is 4. The zero-order valence-electron chi connectivity index (χ0n) is 14.2. The summed E-state index contributed by atoms with van der Waals surface area (Å²) in [5.41, 5.74) is 2.85. The molecular formula is C19H23N3O2. The Labute approximate surface area is 142 Å². The molecule has 0 atom stereocenters. The summed E-state index contributed by atoms with van der Waals surface area (Å²) in [6.07, 6.45) is 0. The number of carbonyl (C=O) groups excluding carboxylic acids is 1. The largest absolute Gasteiger partial charge is 0.490 e. The molecule has 1 amide bonds. The quantitative estimate of drug-likeness (QED) is 0.917. The van der Waals surface area contributed by atoms with Gasteiger partial charge in [0, 0.05) is 38.4 Å². The van der Waals surface area contributed by atoms with Crippen LogP contribution in [0.5, 0.6) is 5.75 Å². The zero-order chi connectivity index (χ0) is 16.9. The van der Waals surface area contributed by atoms with Crippen molar-refractivity contribution in [2.24, 2.45) is 0 Å². The van der Waals surface area contributed by atoms with Crippen molar-refractivity contribution >= 4 is 17.3 Å². The molecule has 2 aromatic carbocycles. The van der Waals surface area contributed by atoms with Gasteiger partial charge >= 0.3 is 0 Å². The van der Waals surface area contributed by atoms with E-state index in [1.165, 1.54) is 0 Å². The molecule has 0 spiro atoms. The lowest BCUT2D eigenvalue weighted by atomic mass is 10.2. The minimum Gasteiger partial charge on any atom is -0.490 e. The summed E-state index contributed by atoms with van der Waals surface area (Å²) in [4.78, 5) is 16.5. The van der Waals surface area contributed by atoms with Gasteiger partial charge < -0.3 is 19.9 Å². The van der Waals surface area contributed by atoms with Gasteiger partial charge in [0.25, 0.3) is 5.91 Å². The van der Waals surface area contributed by atoms with Crippen LogP contribution in [0.15, 0.2) is 48.5 Å². The average Bonchev–Trinajstić information content (AvgIpc) is 2.62. The Morgan fingerprint density at radius 1 is 1.17 bits per heavy atom. The van der Waals surface area contributed by atoms with Crippen molar-refractivity contribution in [3.8, 4) is 5.75 Å². The number of nitrogens with one attached hydrogen (secondary N) is 1. The van der Waals surface area contributed by atoms with Gasteiger partial charge in [-0.15, -0.1) is 0 Å². The lowest BCUT2D eigenvalue weighted by molar-refractivity contribution is 0.0954. The van der Waals surface area contributed by atoms with Crippen LogP contribution < -0.4 is 19.9 Å². The van der Waals surface area contributed by atoms with E-state index in [1.807, 2.05) is 61.5 Å². The molecule has 24 heavy (non-hydrogen) atoms. The van der Waals surface area contributed by atoms with E-state index in [4.69, 9.17) is 4.74 Å². The van der Waals surface area contributed by atoms with Gasteiger partial charge in [-0.2, -0.15) is 0 Å². The van der Waals surface area contributed by atoms with Gasteiger partial charge in [0.05, 0.1) is 12.2 Å². The lowest BCUT2D eigenvalue weighted by Gasteiger charge is -2.31. The van der Waals surface area contributed by atoms with E-state index in [0.717, 1.165) is 30.2 Å². The van der Waals surface area contributed by atoms with Crippen molar-refractivity contribution in [1.82, 2.24) is 5.32 Å². The summed E-state index contributed by atoms with van der Waals surface area (Å²) in [7, 11) is 3.96. The molecule has 0 unspecified atom stereocenters. The highest BCUT2D eigenvalue weighted by Crippen LogP contribution is 2.30. The van der Waals surface area contributed by atoms with E-state index >= 15 is 0 Å². The normalized spacial score (nSPS) is 13.0. The predicted octanol–water partition coefficient (Wildman–Crippen LogP) is 2.38. The Morgan fingerprint density at radius 3 is 2.67 bits per heavy atom. The van der Waals surface area contributed by atoms with Gasteiger partial charge in [-0.3, -0.25) is 4.79 Å². The van der Waals surface area contributed by atoms with Crippen LogP contribution >= 0.6 is 0 Å². The van der Waals surface area contributed by atoms with Gasteiger partial charge in [-0.05, 0) is 36.4 Å².